The van der Waals surface area contributed by atoms with Crippen molar-refractivity contribution in [3.63, 3.8) is 0 Å². The number of fused-ring (bicyclic) bond motifs is 1. The molecule has 1 aliphatic rings. The second-order valence-corrected chi connectivity index (χ2v) is 7.99. The number of benzene rings is 3. The van der Waals surface area contributed by atoms with Gasteiger partial charge in [0.05, 0.1) is 30.0 Å². The molecule has 0 bridgehead atoms. The highest BCUT2D eigenvalue weighted by molar-refractivity contribution is 6.17. The molecular weight excluding hydrogens is 475 g/mol. The minimum Gasteiger partial charge on any atom is -0.494 e. The van der Waals surface area contributed by atoms with Gasteiger partial charge in [0, 0.05) is 11.3 Å². The van der Waals surface area contributed by atoms with Gasteiger partial charge in [-0.15, -0.1) is 0 Å². The molecule has 2 N–H and O–H groups in total. The molecule has 1 aliphatic heterocycles. The Morgan fingerprint density at radius 3 is 2.44 bits per heavy atom. The van der Waals surface area contributed by atoms with Gasteiger partial charge in [-0.05, 0) is 61.5 Å². The van der Waals surface area contributed by atoms with Crippen LogP contribution in [-0.4, -0.2) is 30.4 Å². The number of ether oxygens (including phenoxy) is 1. The van der Waals surface area contributed by atoms with Crippen molar-refractivity contribution in [2.75, 3.05) is 22.1 Å². The summed E-state index contributed by atoms with van der Waals surface area (Å²) in [7, 11) is 0. The number of amides is 3. The molecule has 0 unspecified atom stereocenters. The minimum atomic E-state index is -4.57. The second kappa shape index (κ2) is 10.1. The molecule has 0 spiro atoms. The van der Waals surface area contributed by atoms with Gasteiger partial charge >= 0.3 is 6.18 Å². The van der Waals surface area contributed by atoms with E-state index in [2.05, 4.69) is 10.6 Å². The Morgan fingerprint density at radius 2 is 1.75 bits per heavy atom. The Hall–Kier alpha value is -4.34. The van der Waals surface area contributed by atoms with Gasteiger partial charge in [0.1, 0.15) is 11.8 Å². The fourth-order valence-corrected chi connectivity index (χ4v) is 3.89. The first-order valence-electron chi connectivity index (χ1n) is 11.1. The maximum absolute atomic E-state index is 13.5. The Kier molecular flexibility index (Phi) is 6.96. The van der Waals surface area contributed by atoms with E-state index in [4.69, 9.17) is 4.74 Å². The Bertz CT molecular complexity index is 1290. The number of carbonyl (C=O) groups is 3. The van der Waals surface area contributed by atoms with E-state index >= 15 is 0 Å². The lowest BCUT2D eigenvalue weighted by atomic mass is 10.0. The van der Waals surface area contributed by atoms with Gasteiger partial charge in [-0.1, -0.05) is 18.2 Å². The molecule has 3 amide bonds. The van der Waals surface area contributed by atoms with E-state index in [1.807, 2.05) is 6.92 Å². The molecule has 4 rings (SSSR count). The molecule has 1 heterocycles. The van der Waals surface area contributed by atoms with Crippen LogP contribution in [0.1, 0.15) is 29.3 Å². The minimum absolute atomic E-state index is 0.0733. The van der Waals surface area contributed by atoms with Crippen LogP contribution in [0.4, 0.5) is 30.2 Å². The van der Waals surface area contributed by atoms with E-state index < -0.39 is 41.9 Å². The highest BCUT2D eigenvalue weighted by atomic mass is 19.4. The van der Waals surface area contributed by atoms with Crippen LogP contribution in [0.5, 0.6) is 5.75 Å². The molecule has 7 nitrogen and oxygen atoms in total. The number of alkyl halides is 3. The Labute approximate surface area is 204 Å². The monoisotopic (exact) mass is 497 g/mol. The first-order valence-corrected chi connectivity index (χ1v) is 11.1. The predicted molar refractivity (Wildman–Crippen MR) is 128 cm³/mol. The third-order valence-corrected chi connectivity index (χ3v) is 5.52. The molecule has 0 saturated heterocycles. The van der Waals surface area contributed by atoms with Crippen LogP contribution in [-0.2, 0) is 15.8 Å². The predicted octanol–water partition coefficient (Wildman–Crippen LogP) is 5.10. The van der Waals surface area contributed by atoms with Crippen LogP contribution in [0.15, 0.2) is 72.8 Å². The van der Waals surface area contributed by atoms with Crippen LogP contribution >= 0.6 is 0 Å². The summed E-state index contributed by atoms with van der Waals surface area (Å²) in [4.78, 5) is 40.5. The van der Waals surface area contributed by atoms with Crippen molar-refractivity contribution in [1.29, 1.82) is 0 Å². The van der Waals surface area contributed by atoms with Gasteiger partial charge in [0.25, 0.3) is 5.91 Å². The maximum Gasteiger partial charge on any atom is 0.416 e. The normalized spacial score (nSPS) is 15.1. The number of carbonyl (C=O) groups excluding carboxylic acids is 3. The van der Waals surface area contributed by atoms with Gasteiger partial charge in [-0.3, -0.25) is 19.3 Å². The summed E-state index contributed by atoms with van der Waals surface area (Å²) in [5.41, 5.74) is 0.0724. The summed E-state index contributed by atoms with van der Waals surface area (Å²) < 4.78 is 44.5. The Balaban J connectivity index is 1.61. The summed E-state index contributed by atoms with van der Waals surface area (Å²) in [5.74, 6) is -1.26. The fraction of sp³-hybridized carbons (Fsp3) is 0.192. The van der Waals surface area contributed by atoms with Crippen molar-refractivity contribution in [3.05, 3.63) is 83.9 Å². The van der Waals surface area contributed by atoms with Crippen molar-refractivity contribution in [1.82, 2.24) is 0 Å². The van der Waals surface area contributed by atoms with Crippen molar-refractivity contribution >= 4 is 34.8 Å². The first-order chi connectivity index (χ1) is 17.2. The zero-order chi connectivity index (χ0) is 25.9. The number of hydrogen-bond donors (Lipinski definition) is 2. The summed E-state index contributed by atoms with van der Waals surface area (Å²) >= 11 is 0. The molecule has 186 valence electrons. The second-order valence-electron chi connectivity index (χ2n) is 7.99. The fourth-order valence-electron chi connectivity index (χ4n) is 3.89. The van der Waals surface area contributed by atoms with Crippen LogP contribution in [0, 0.1) is 0 Å². The quantitative estimate of drug-likeness (QED) is 0.496. The molecule has 0 fully saturated rings. The number of halogens is 3. The van der Waals surface area contributed by atoms with E-state index in [0.29, 0.717) is 23.7 Å². The van der Waals surface area contributed by atoms with E-state index in [9.17, 15) is 27.6 Å². The summed E-state index contributed by atoms with van der Waals surface area (Å²) in [5, 5.41) is 5.08. The Morgan fingerprint density at radius 1 is 1.03 bits per heavy atom. The average Bonchev–Trinajstić information content (AvgIpc) is 2.84. The lowest BCUT2D eigenvalue weighted by molar-refractivity contribution is -0.137. The van der Waals surface area contributed by atoms with Crippen molar-refractivity contribution in [3.8, 4) is 5.75 Å². The van der Waals surface area contributed by atoms with Gasteiger partial charge in [-0.2, -0.15) is 13.2 Å². The zero-order valence-corrected chi connectivity index (χ0v) is 19.1. The largest absolute Gasteiger partial charge is 0.494 e. The average molecular weight is 497 g/mol. The summed E-state index contributed by atoms with van der Waals surface area (Å²) in [6.45, 7) is 2.29. The van der Waals surface area contributed by atoms with Crippen molar-refractivity contribution in [2.45, 2.75) is 25.6 Å². The first kappa shape index (κ1) is 24.8. The van der Waals surface area contributed by atoms with Crippen molar-refractivity contribution < 1.29 is 32.3 Å². The van der Waals surface area contributed by atoms with Gasteiger partial charge in [-0.25, -0.2) is 0 Å². The lowest BCUT2D eigenvalue weighted by Crippen LogP contribution is -2.52. The number of anilines is 3. The topological polar surface area (TPSA) is 87.7 Å². The maximum atomic E-state index is 13.5. The van der Waals surface area contributed by atoms with E-state index in [1.165, 1.54) is 17.0 Å². The molecule has 0 radical (unpaired) electrons. The molecule has 3 aromatic carbocycles. The van der Waals surface area contributed by atoms with E-state index in [-0.39, 0.29) is 11.3 Å². The molecular formula is C26H22F3N3O4. The van der Waals surface area contributed by atoms with Crippen LogP contribution in [0.25, 0.3) is 0 Å². The van der Waals surface area contributed by atoms with Crippen LogP contribution < -0.4 is 20.3 Å². The third-order valence-electron chi connectivity index (χ3n) is 5.52. The molecule has 36 heavy (non-hydrogen) atoms. The standard InChI is InChI=1S/C26H22F3N3O4/c1-2-36-19-12-10-16(11-13-19)25(35)32-21-9-4-3-8-20(21)31-24(34)22(32)15-23(33)30-18-7-5-6-17(14-18)26(27,28)29/h3-14,22H,2,15H2,1H3,(H,30,33)(H,31,34)/t22-/m1/s1. The SMILES string of the molecule is CCOc1ccc(C(=O)N2c3ccccc3NC(=O)[C@H]2CC(=O)Nc2cccc(C(F)(F)F)c2)cc1. The summed E-state index contributed by atoms with van der Waals surface area (Å²) in [6.07, 6.45) is -5.05. The molecule has 3 aromatic rings. The highest BCUT2D eigenvalue weighted by Crippen LogP contribution is 2.35. The molecule has 1 atom stereocenters. The smallest absolute Gasteiger partial charge is 0.416 e. The lowest BCUT2D eigenvalue weighted by Gasteiger charge is -2.36. The number of para-hydroxylation sites is 2. The molecule has 0 saturated carbocycles. The van der Waals surface area contributed by atoms with E-state index in [0.717, 1.165) is 12.1 Å². The number of nitrogens with zero attached hydrogens (tertiary/aromatic N) is 1. The highest BCUT2D eigenvalue weighted by Gasteiger charge is 2.38. The third kappa shape index (κ3) is 5.32. The zero-order valence-electron chi connectivity index (χ0n) is 19.1. The van der Waals surface area contributed by atoms with Gasteiger partial charge in [0.15, 0.2) is 0 Å². The van der Waals surface area contributed by atoms with Crippen molar-refractivity contribution in [2.24, 2.45) is 0 Å². The molecule has 0 aliphatic carbocycles. The van der Waals surface area contributed by atoms with Gasteiger partial charge < -0.3 is 15.4 Å². The molecule has 10 heteroatoms. The summed E-state index contributed by atoms with van der Waals surface area (Å²) in [6, 6.07) is 16.0. The number of rotatable bonds is 6. The molecule has 0 aromatic heterocycles. The number of nitrogens with one attached hydrogen (secondary N) is 2. The van der Waals surface area contributed by atoms with Crippen LogP contribution in [0.2, 0.25) is 0 Å². The number of hydrogen-bond acceptors (Lipinski definition) is 4. The van der Waals surface area contributed by atoms with Gasteiger partial charge in [0.2, 0.25) is 11.8 Å². The van der Waals surface area contributed by atoms with Crippen LogP contribution in [0.3, 0.4) is 0 Å². The van der Waals surface area contributed by atoms with E-state index in [1.54, 1.807) is 48.5 Å².